The average molecular weight is 228 g/mol. The third kappa shape index (κ3) is 1.86. The summed E-state index contributed by atoms with van der Waals surface area (Å²) in [7, 11) is 2.18. The third-order valence-electron chi connectivity index (χ3n) is 3.97. The van der Waals surface area contributed by atoms with E-state index in [1.807, 2.05) is 0 Å². The minimum absolute atomic E-state index is 0.336. The van der Waals surface area contributed by atoms with E-state index in [-0.39, 0.29) is 0 Å². The molecule has 0 radical (unpaired) electrons. The van der Waals surface area contributed by atoms with Gasteiger partial charge in [-0.1, -0.05) is 29.9 Å². The van der Waals surface area contributed by atoms with E-state index in [0.29, 0.717) is 12.1 Å². The first-order chi connectivity index (χ1) is 8.25. The predicted octanol–water partition coefficient (Wildman–Crippen LogP) is 3.08. The number of fused-ring (bicyclic) bond motifs is 1. The Kier molecular flexibility index (Phi) is 2.65. The van der Waals surface area contributed by atoms with Crippen LogP contribution < -0.4 is 0 Å². The second-order valence-corrected chi connectivity index (χ2v) is 5.29. The summed E-state index contributed by atoms with van der Waals surface area (Å²) in [6.07, 6.45) is 14.3. The van der Waals surface area contributed by atoms with Crippen LogP contribution in [0.25, 0.3) is 0 Å². The summed E-state index contributed by atoms with van der Waals surface area (Å²) >= 11 is 0. The van der Waals surface area contributed by atoms with Crippen molar-refractivity contribution in [2.24, 2.45) is 4.99 Å². The molecule has 2 nitrogen and oxygen atoms in total. The van der Waals surface area contributed by atoms with Crippen molar-refractivity contribution in [3.05, 3.63) is 35.5 Å². The first-order valence-corrected chi connectivity index (χ1v) is 6.62. The minimum atomic E-state index is 0.336. The Bertz CT molecular complexity index is 440. The Labute approximate surface area is 103 Å². The first-order valence-electron chi connectivity index (χ1n) is 6.62. The SMILES string of the molecule is CC1=CC2N=C(C3=CCCCC3)N(C)C2C=C1. The Hall–Kier alpha value is -1.31. The summed E-state index contributed by atoms with van der Waals surface area (Å²) < 4.78 is 0. The van der Waals surface area contributed by atoms with Crippen molar-refractivity contribution in [2.75, 3.05) is 7.05 Å². The van der Waals surface area contributed by atoms with Crippen LogP contribution in [0.4, 0.5) is 0 Å². The second kappa shape index (κ2) is 4.17. The van der Waals surface area contributed by atoms with Crippen LogP contribution in [0.15, 0.2) is 40.4 Å². The van der Waals surface area contributed by atoms with Gasteiger partial charge in [0, 0.05) is 7.05 Å². The lowest BCUT2D eigenvalue weighted by molar-refractivity contribution is 0.434. The molecule has 0 aromatic heterocycles. The third-order valence-corrected chi connectivity index (χ3v) is 3.97. The van der Waals surface area contributed by atoms with Crippen molar-refractivity contribution in [1.29, 1.82) is 0 Å². The maximum Gasteiger partial charge on any atom is 0.127 e. The molecular formula is C15H20N2. The van der Waals surface area contributed by atoms with Gasteiger partial charge in [-0.3, -0.25) is 4.99 Å². The highest BCUT2D eigenvalue weighted by Gasteiger charge is 2.33. The zero-order valence-corrected chi connectivity index (χ0v) is 10.7. The number of amidine groups is 1. The summed E-state index contributed by atoms with van der Waals surface area (Å²) in [6, 6.07) is 0.777. The number of rotatable bonds is 1. The van der Waals surface area contributed by atoms with Gasteiger partial charge in [-0.25, -0.2) is 0 Å². The number of allylic oxidation sites excluding steroid dienone is 3. The van der Waals surface area contributed by atoms with Gasteiger partial charge in [-0.15, -0.1) is 0 Å². The van der Waals surface area contributed by atoms with Crippen LogP contribution in [-0.4, -0.2) is 29.9 Å². The highest BCUT2D eigenvalue weighted by Crippen LogP contribution is 2.29. The highest BCUT2D eigenvalue weighted by molar-refractivity contribution is 6.00. The van der Waals surface area contributed by atoms with Crippen LogP contribution in [0.3, 0.4) is 0 Å². The maximum atomic E-state index is 4.91. The van der Waals surface area contributed by atoms with E-state index < -0.39 is 0 Å². The molecule has 0 fully saturated rings. The molecule has 2 atom stereocenters. The van der Waals surface area contributed by atoms with Crippen LogP contribution in [0, 0.1) is 0 Å². The molecule has 2 heteroatoms. The molecule has 0 amide bonds. The molecule has 1 heterocycles. The lowest BCUT2D eigenvalue weighted by Gasteiger charge is -2.26. The predicted molar refractivity (Wildman–Crippen MR) is 72.2 cm³/mol. The molecule has 0 saturated heterocycles. The van der Waals surface area contributed by atoms with Gasteiger partial charge in [-0.2, -0.15) is 0 Å². The van der Waals surface area contributed by atoms with Gasteiger partial charge in [0.05, 0.1) is 12.1 Å². The molecule has 0 N–H and O–H groups in total. The molecule has 0 aromatic carbocycles. The Morgan fingerprint density at radius 1 is 1.35 bits per heavy atom. The quantitative estimate of drug-likeness (QED) is 0.673. The van der Waals surface area contributed by atoms with Gasteiger partial charge >= 0.3 is 0 Å². The van der Waals surface area contributed by atoms with Crippen molar-refractivity contribution >= 4 is 5.84 Å². The second-order valence-electron chi connectivity index (χ2n) is 5.29. The van der Waals surface area contributed by atoms with Gasteiger partial charge in [-0.05, 0) is 38.2 Å². The zero-order chi connectivity index (χ0) is 11.8. The summed E-state index contributed by atoms with van der Waals surface area (Å²) in [4.78, 5) is 7.26. The van der Waals surface area contributed by atoms with Crippen molar-refractivity contribution in [3.8, 4) is 0 Å². The van der Waals surface area contributed by atoms with Gasteiger partial charge in [0.2, 0.25) is 0 Å². The fraction of sp³-hybridized carbons (Fsp3) is 0.533. The fourth-order valence-electron chi connectivity index (χ4n) is 2.98. The first kappa shape index (κ1) is 10.8. The van der Waals surface area contributed by atoms with E-state index in [2.05, 4.69) is 43.2 Å². The molecule has 0 bridgehead atoms. The number of hydrogen-bond donors (Lipinski definition) is 0. The Morgan fingerprint density at radius 3 is 3.00 bits per heavy atom. The van der Waals surface area contributed by atoms with Gasteiger partial charge in [0.1, 0.15) is 5.84 Å². The number of aliphatic imine (C=N–C) groups is 1. The Balaban J connectivity index is 1.89. The molecule has 90 valence electrons. The smallest absolute Gasteiger partial charge is 0.127 e. The maximum absolute atomic E-state index is 4.91. The van der Waals surface area contributed by atoms with Crippen molar-refractivity contribution in [1.82, 2.24) is 4.90 Å². The van der Waals surface area contributed by atoms with Crippen molar-refractivity contribution < 1.29 is 0 Å². The topological polar surface area (TPSA) is 15.6 Å². The molecule has 3 rings (SSSR count). The molecule has 1 aliphatic heterocycles. The minimum Gasteiger partial charge on any atom is -0.351 e. The molecule has 0 spiro atoms. The van der Waals surface area contributed by atoms with Gasteiger partial charge in [0.15, 0.2) is 0 Å². The van der Waals surface area contributed by atoms with E-state index in [1.54, 1.807) is 0 Å². The standard InChI is InChI=1S/C15H20N2/c1-11-8-9-14-13(10-11)16-15(17(14)2)12-6-4-3-5-7-12/h6,8-10,13-14H,3-5,7H2,1-2H3. The molecule has 3 aliphatic rings. The zero-order valence-electron chi connectivity index (χ0n) is 10.7. The summed E-state index contributed by atoms with van der Waals surface area (Å²) in [5, 5.41) is 0. The number of nitrogens with zero attached hydrogens (tertiary/aromatic N) is 2. The fourth-order valence-corrected chi connectivity index (χ4v) is 2.98. The average Bonchev–Trinajstić information content (AvgIpc) is 2.67. The molecule has 2 aliphatic carbocycles. The van der Waals surface area contributed by atoms with Crippen LogP contribution in [0.1, 0.15) is 32.6 Å². The van der Waals surface area contributed by atoms with Gasteiger partial charge in [0.25, 0.3) is 0 Å². The molecule has 17 heavy (non-hydrogen) atoms. The summed E-state index contributed by atoms with van der Waals surface area (Å²) in [5.41, 5.74) is 2.80. The van der Waals surface area contributed by atoms with E-state index in [0.717, 1.165) is 0 Å². The van der Waals surface area contributed by atoms with Crippen LogP contribution >= 0.6 is 0 Å². The summed E-state index contributed by atoms with van der Waals surface area (Å²) in [6.45, 7) is 2.15. The van der Waals surface area contributed by atoms with Crippen LogP contribution in [-0.2, 0) is 0 Å². The lowest BCUT2D eigenvalue weighted by Crippen LogP contribution is -2.36. The Morgan fingerprint density at radius 2 is 2.24 bits per heavy atom. The monoisotopic (exact) mass is 228 g/mol. The summed E-state index contributed by atoms with van der Waals surface area (Å²) in [5.74, 6) is 1.23. The molecular weight excluding hydrogens is 208 g/mol. The van der Waals surface area contributed by atoms with Crippen LogP contribution in [0.2, 0.25) is 0 Å². The number of likely N-dealkylation sites (N-methyl/N-ethyl adjacent to an activating group) is 1. The largest absolute Gasteiger partial charge is 0.351 e. The molecule has 2 unspecified atom stereocenters. The van der Waals surface area contributed by atoms with Crippen molar-refractivity contribution in [2.45, 2.75) is 44.7 Å². The van der Waals surface area contributed by atoms with E-state index in [9.17, 15) is 0 Å². The van der Waals surface area contributed by atoms with Crippen LogP contribution in [0.5, 0.6) is 0 Å². The highest BCUT2D eigenvalue weighted by atomic mass is 15.3. The molecule has 0 aromatic rings. The van der Waals surface area contributed by atoms with Crippen molar-refractivity contribution in [3.63, 3.8) is 0 Å². The normalized spacial score (nSPS) is 31.9. The van der Waals surface area contributed by atoms with E-state index in [1.165, 1.54) is 42.7 Å². The lowest BCUT2D eigenvalue weighted by atomic mass is 9.97. The molecule has 0 saturated carbocycles. The van der Waals surface area contributed by atoms with Gasteiger partial charge < -0.3 is 4.90 Å². The van der Waals surface area contributed by atoms with E-state index >= 15 is 0 Å². The van der Waals surface area contributed by atoms with E-state index in [4.69, 9.17) is 4.99 Å². The number of hydrogen-bond acceptors (Lipinski definition) is 2.